The minimum absolute atomic E-state index is 0.0301. The third-order valence-corrected chi connectivity index (χ3v) is 15.5. The Morgan fingerprint density at radius 3 is 1.56 bits per heavy atom. The summed E-state index contributed by atoms with van der Waals surface area (Å²) in [7, 11) is 0. The number of ketones is 1. The number of carboxylic acid groups (broad SMARTS) is 2. The molecule has 0 aromatic heterocycles. The Bertz CT molecular complexity index is 1830. The lowest BCUT2D eigenvalue weighted by Crippen LogP contribution is -2.60. The molecule has 1 aromatic carbocycles. The second-order valence-electron chi connectivity index (χ2n) is 20.7. The van der Waals surface area contributed by atoms with Crippen LogP contribution >= 0.6 is 0 Å². The molecule has 0 radical (unpaired) electrons. The third-order valence-electron chi connectivity index (χ3n) is 15.5. The number of esters is 1. The van der Waals surface area contributed by atoms with Crippen LogP contribution < -0.4 is 0 Å². The number of cyclic esters (lactones) is 1. The Balaban J connectivity index is 0.000000339. The van der Waals surface area contributed by atoms with E-state index in [1.807, 2.05) is 20.8 Å². The normalized spacial score (nSPS) is 30.5. The molecule has 1 aliphatic heterocycles. The molecule has 1 heterocycles. The van der Waals surface area contributed by atoms with Crippen molar-refractivity contribution in [3.05, 3.63) is 35.9 Å². The standard InChI is InChI=1S/C18H27F3O2.C17H18F6O3.C6H12O3.C6H12O2/c1-4-15(2)10-17(9-14(15)22)8-12-6-13(17)5-11(12)7-16(3,23)18(19,20)21;1-3-13(2)9-14(26-12(13)24,11-7-5-4-6-8-11)10-15(25,16(18,19)20)17(21,22)23;1-3-6(2,4-7)5(8)9;1-4-6(2,3)5(7)8/h11-13,23H,4-10H2,1-3H3;4-8,25H,3,9-10H2,1-2H3;7H,3-4H2,1-2H3,(H,8,9);4H2,1-3H3,(H,7,8). The first-order valence-corrected chi connectivity index (χ1v) is 22.3. The SMILES string of the molecule is CCC(C)(C)C(=O)O.CCC(C)(CO)C(=O)O.CCC1(C)CC(CC(O)(C(F)(F)F)C(F)(F)F)(c2ccccc2)OC1=O.CCC1(C)CC2(CC1=O)CC1CC2CC1CC(C)(O)C(F)(F)F. The summed E-state index contributed by atoms with van der Waals surface area (Å²) in [6, 6.07) is 6.90. The summed E-state index contributed by atoms with van der Waals surface area (Å²) < 4.78 is 123. The monoisotopic (exact) mass is 964 g/mol. The van der Waals surface area contributed by atoms with Gasteiger partial charge in [-0.1, -0.05) is 65.0 Å². The van der Waals surface area contributed by atoms with E-state index in [-0.39, 0.29) is 47.7 Å². The van der Waals surface area contributed by atoms with Gasteiger partial charge in [0.1, 0.15) is 11.4 Å². The Hall–Kier alpha value is -3.45. The molecule has 9 atom stereocenters. The fraction of sp³-hybridized carbons (Fsp3) is 0.787. The van der Waals surface area contributed by atoms with E-state index in [2.05, 4.69) is 0 Å². The molecule has 66 heavy (non-hydrogen) atoms. The summed E-state index contributed by atoms with van der Waals surface area (Å²) in [5, 5.41) is 44.9. The minimum atomic E-state index is -6.00. The van der Waals surface area contributed by atoms with Gasteiger partial charge in [0.25, 0.3) is 5.60 Å². The van der Waals surface area contributed by atoms with Gasteiger partial charge < -0.3 is 30.3 Å². The molecule has 9 unspecified atom stereocenters. The molecular formula is C47H69F9O10. The van der Waals surface area contributed by atoms with Gasteiger partial charge in [-0.15, -0.1) is 0 Å². The number of rotatable bonds is 12. The van der Waals surface area contributed by atoms with E-state index >= 15 is 0 Å². The van der Waals surface area contributed by atoms with Crippen molar-refractivity contribution in [3.8, 4) is 0 Å². The lowest BCUT2D eigenvalue weighted by atomic mass is 9.66. The minimum Gasteiger partial charge on any atom is -0.481 e. The summed E-state index contributed by atoms with van der Waals surface area (Å²) in [6.45, 7) is 16.3. The molecule has 5 N–H and O–H groups in total. The number of fused-ring (bicyclic) bond motifs is 3. The van der Waals surface area contributed by atoms with Crippen molar-refractivity contribution in [1.29, 1.82) is 0 Å². The molecule has 1 saturated heterocycles. The highest BCUT2D eigenvalue weighted by atomic mass is 19.4. The predicted molar refractivity (Wildman–Crippen MR) is 224 cm³/mol. The first-order valence-electron chi connectivity index (χ1n) is 22.3. The van der Waals surface area contributed by atoms with Crippen LogP contribution in [-0.2, 0) is 29.5 Å². The number of aliphatic carboxylic acids is 2. The van der Waals surface area contributed by atoms with Gasteiger partial charge >= 0.3 is 36.4 Å². The number of Topliss-reactive ketones (excluding diaryl/α,β-unsaturated/α-hetero) is 1. The van der Waals surface area contributed by atoms with Crippen LogP contribution in [0.5, 0.6) is 0 Å². The smallest absolute Gasteiger partial charge is 0.426 e. The number of alkyl halides is 9. The number of halogens is 9. The van der Waals surface area contributed by atoms with E-state index in [9.17, 15) is 68.9 Å². The van der Waals surface area contributed by atoms with Crippen molar-refractivity contribution in [2.24, 2.45) is 44.8 Å². The van der Waals surface area contributed by atoms with Gasteiger partial charge in [-0.25, -0.2) is 0 Å². The van der Waals surface area contributed by atoms with Gasteiger partial charge in [0.15, 0.2) is 5.60 Å². The fourth-order valence-corrected chi connectivity index (χ4v) is 9.42. The number of ether oxygens (including phenoxy) is 1. The molecule has 1 aromatic rings. The first-order chi connectivity index (χ1) is 29.7. The summed E-state index contributed by atoms with van der Waals surface area (Å²) in [5.41, 5.74) is -12.8. The summed E-state index contributed by atoms with van der Waals surface area (Å²) >= 11 is 0. The maximum absolute atomic E-state index is 13.2. The number of carbonyl (C=O) groups is 4. The van der Waals surface area contributed by atoms with Gasteiger partial charge in [-0.3, -0.25) is 19.2 Å². The number of hydrogen-bond donors (Lipinski definition) is 5. The quantitative estimate of drug-likeness (QED) is 0.1000. The van der Waals surface area contributed by atoms with Crippen LogP contribution in [0.2, 0.25) is 0 Å². The Morgan fingerprint density at radius 2 is 1.26 bits per heavy atom. The van der Waals surface area contributed by atoms with Gasteiger partial charge in [0.2, 0.25) is 0 Å². The van der Waals surface area contributed by atoms with Gasteiger partial charge in [0, 0.05) is 24.7 Å². The molecule has 4 fully saturated rings. The maximum atomic E-state index is 13.2. The van der Waals surface area contributed by atoms with Gasteiger partial charge in [-0.05, 0) is 121 Å². The molecule has 4 aliphatic rings. The third kappa shape index (κ3) is 12.2. The molecule has 3 saturated carbocycles. The molecule has 2 bridgehead atoms. The molecule has 0 amide bonds. The first kappa shape index (κ1) is 58.7. The Morgan fingerprint density at radius 1 is 0.742 bits per heavy atom. The van der Waals surface area contributed by atoms with E-state index < -0.39 is 82.3 Å². The van der Waals surface area contributed by atoms with Gasteiger partial charge in [0.05, 0.1) is 22.9 Å². The second-order valence-corrected chi connectivity index (χ2v) is 20.7. The lowest BCUT2D eigenvalue weighted by molar-refractivity contribution is -0.378. The van der Waals surface area contributed by atoms with Crippen LogP contribution in [0.25, 0.3) is 0 Å². The molecule has 10 nitrogen and oxygen atoms in total. The Labute approximate surface area is 381 Å². The largest absolute Gasteiger partial charge is 0.481 e. The van der Waals surface area contributed by atoms with Crippen LogP contribution in [0.4, 0.5) is 39.5 Å². The van der Waals surface area contributed by atoms with Crippen molar-refractivity contribution >= 4 is 23.7 Å². The highest BCUT2D eigenvalue weighted by molar-refractivity contribution is 5.87. The van der Waals surface area contributed by atoms with Crippen molar-refractivity contribution in [1.82, 2.24) is 0 Å². The van der Waals surface area contributed by atoms with Crippen molar-refractivity contribution in [3.63, 3.8) is 0 Å². The molecule has 380 valence electrons. The molecule has 5 rings (SSSR count). The topological polar surface area (TPSA) is 179 Å². The van der Waals surface area contributed by atoms with Crippen LogP contribution in [0.15, 0.2) is 30.3 Å². The van der Waals surface area contributed by atoms with Crippen molar-refractivity contribution < 1.29 is 89.0 Å². The zero-order valence-corrected chi connectivity index (χ0v) is 39.5. The average Bonchev–Trinajstić information content (AvgIpc) is 3.91. The van der Waals surface area contributed by atoms with Crippen LogP contribution in [-0.4, -0.2) is 85.6 Å². The number of aliphatic hydroxyl groups is 3. The highest BCUT2D eigenvalue weighted by Crippen LogP contribution is 2.68. The molecule has 19 heteroatoms. The molecule has 3 aliphatic carbocycles. The summed E-state index contributed by atoms with van der Waals surface area (Å²) in [4.78, 5) is 45.2. The van der Waals surface area contributed by atoms with Gasteiger partial charge in [-0.2, -0.15) is 39.5 Å². The summed E-state index contributed by atoms with van der Waals surface area (Å²) in [5.74, 6) is -1.68. The van der Waals surface area contributed by atoms with E-state index in [1.165, 1.54) is 44.2 Å². The number of carbonyl (C=O) groups excluding carboxylic acids is 2. The molecule has 1 spiro atoms. The second kappa shape index (κ2) is 20.3. The number of hydrogen-bond acceptors (Lipinski definition) is 8. The Kier molecular flexibility index (Phi) is 18.0. The van der Waals surface area contributed by atoms with Crippen molar-refractivity contribution in [2.45, 2.75) is 182 Å². The summed E-state index contributed by atoms with van der Waals surface area (Å²) in [6.07, 6.45) is -12.8. The highest BCUT2D eigenvalue weighted by Gasteiger charge is 2.74. The zero-order valence-electron chi connectivity index (χ0n) is 39.5. The molecular weight excluding hydrogens is 895 g/mol. The van der Waals surface area contributed by atoms with E-state index in [1.54, 1.807) is 27.7 Å². The van der Waals surface area contributed by atoms with E-state index in [4.69, 9.17) is 20.1 Å². The average molecular weight is 965 g/mol. The zero-order chi connectivity index (χ0) is 51.6. The number of carboxylic acids is 2. The van der Waals surface area contributed by atoms with Crippen LogP contribution in [0.3, 0.4) is 0 Å². The number of benzene rings is 1. The van der Waals surface area contributed by atoms with Crippen LogP contribution in [0.1, 0.15) is 152 Å². The van der Waals surface area contributed by atoms with E-state index in [0.717, 1.165) is 39.0 Å². The van der Waals surface area contributed by atoms with E-state index in [0.29, 0.717) is 31.0 Å². The van der Waals surface area contributed by atoms with Crippen molar-refractivity contribution in [2.75, 3.05) is 6.61 Å². The fourth-order valence-electron chi connectivity index (χ4n) is 9.42. The maximum Gasteiger partial charge on any atom is 0.426 e. The van der Waals surface area contributed by atoms with Crippen LogP contribution in [0, 0.1) is 44.8 Å². The predicted octanol–water partition coefficient (Wildman–Crippen LogP) is 11.0. The number of aliphatic hydroxyl groups excluding tert-OH is 1. The lowest BCUT2D eigenvalue weighted by Gasteiger charge is -2.40.